The van der Waals surface area contributed by atoms with Crippen molar-refractivity contribution in [2.24, 2.45) is 5.41 Å². The highest BCUT2D eigenvalue weighted by atomic mass is 16.5. The molecule has 5 heteroatoms. The van der Waals surface area contributed by atoms with Crippen LogP contribution in [0.4, 0.5) is 0 Å². The van der Waals surface area contributed by atoms with E-state index in [9.17, 15) is 4.79 Å². The first-order valence-corrected chi connectivity index (χ1v) is 6.24. The molecular weight excluding hydrogens is 232 g/mol. The molecule has 100 valence electrons. The predicted molar refractivity (Wildman–Crippen MR) is 66.4 cm³/mol. The number of hydrogen-bond acceptors (Lipinski definition) is 4. The van der Waals surface area contributed by atoms with Crippen LogP contribution in [-0.4, -0.2) is 35.3 Å². The van der Waals surface area contributed by atoms with E-state index in [4.69, 9.17) is 9.47 Å². The lowest BCUT2D eigenvalue weighted by atomic mass is 9.64. The maximum Gasteiger partial charge on any atom is 0.358 e. The van der Waals surface area contributed by atoms with Gasteiger partial charge in [-0.2, -0.15) is 0 Å². The third kappa shape index (κ3) is 2.03. The second kappa shape index (κ2) is 4.72. The van der Waals surface area contributed by atoms with Crippen LogP contribution in [0.15, 0.2) is 12.5 Å². The van der Waals surface area contributed by atoms with E-state index in [1.54, 1.807) is 26.6 Å². The summed E-state index contributed by atoms with van der Waals surface area (Å²) in [4.78, 5) is 15.6. The molecule has 1 aliphatic carbocycles. The summed E-state index contributed by atoms with van der Waals surface area (Å²) in [6, 6.07) is 0.318. The van der Waals surface area contributed by atoms with Gasteiger partial charge in [-0.15, -0.1) is 0 Å². The molecule has 0 saturated heterocycles. The molecule has 0 bridgehead atoms. The zero-order chi connectivity index (χ0) is 13.3. The van der Waals surface area contributed by atoms with E-state index in [2.05, 4.69) is 18.8 Å². The molecule has 1 aromatic rings. The highest BCUT2D eigenvalue weighted by Crippen LogP contribution is 2.50. The molecule has 0 aromatic carbocycles. The fraction of sp³-hybridized carbons (Fsp3) is 0.692. The van der Waals surface area contributed by atoms with Gasteiger partial charge in [-0.25, -0.2) is 9.78 Å². The fourth-order valence-electron chi connectivity index (χ4n) is 2.59. The first kappa shape index (κ1) is 13.1. The average molecular weight is 252 g/mol. The molecule has 0 N–H and O–H groups in total. The van der Waals surface area contributed by atoms with Crippen LogP contribution in [0.1, 0.15) is 43.7 Å². The van der Waals surface area contributed by atoms with E-state index >= 15 is 0 Å². The number of carbonyl (C=O) groups excluding carboxylic acids is 1. The van der Waals surface area contributed by atoms with Crippen molar-refractivity contribution in [3.05, 3.63) is 18.2 Å². The van der Waals surface area contributed by atoms with Gasteiger partial charge in [-0.05, 0) is 13.3 Å². The molecule has 1 aromatic heterocycles. The molecule has 18 heavy (non-hydrogen) atoms. The standard InChI is InChI=1S/C13H20N2O3/c1-5-18-12(16)9-7-15(8-14-9)10-6-11(17-4)13(10,2)3/h7-8,10-11H,5-6H2,1-4H3. The zero-order valence-corrected chi connectivity index (χ0v) is 11.3. The van der Waals surface area contributed by atoms with Gasteiger partial charge in [0.25, 0.3) is 0 Å². The van der Waals surface area contributed by atoms with Crippen molar-refractivity contribution in [2.75, 3.05) is 13.7 Å². The van der Waals surface area contributed by atoms with E-state index in [0.717, 1.165) is 6.42 Å². The number of carbonyl (C=O) groups is 1. The summed E-state index contributed by atoms with van der Waals surface area (Å²) in [7, 11) is 1.74. The third-order valence-electron chi connectivity index (χ3n) is 3.86. The van der Waals surface area contributed by atoms with Crippen molar-refractivity contribution in [1.29, 1.82) is 0 Å². The van der Waals surface area contributed by atoms with Crippen molar-refractivity contribution in [3.63, 3.8) is 0 Å². The van der Waals surface area contributed by atoms with Crippen LogP contribution in [0, 0.1) is 5.41 Å². The number of imidazole rings is 1. The Labute approximate surface area is 107 Å². The van der Waals surface area contributed by atoms with Gasteiger partial charge in [-0.1, -0.05) is 13.8 Å². The van der Waals surface area contributed by atoms with Crippen molar-refractivity contribution in [1.82, 2.24) is 9.55 Å². The molecule has 1 saturated carbocycles. The SMILES string of the molecule is CCOC(=O)c1cn(C2CC(OC)C2(C)C)cn1. The molecule has 1 fully saturated rings. The topological polar surface area (TPSA) is 53.4 Å². The Hall–Kier alpha value is -1.36. The molecule has 2 atom stereocenters. The molecule has 1 aliphatic rings. The summed E-state index contributed by atoms with van der Waals surface area (Å²) in [5, 5.41) is 0. The van der Waals surface area contributed by atoms with Crippen LogP contribution in [-0.2, 0) is 9.47 Å². The molecule has 2 rings (SSSR count). The van der Waals surface area contributed by atoms with E-state index in [1.807, 2.05) is 4.57 Å². The van der Waals surface area contributed by atoms with Crippen LogP contribution >= 0.6 is 0 Å². The first-order chi connectivity index (χ1) is 8.50. The van der Waals surface area contributed by atoms with Crippen LogP contribution in [0.5, 0.6) is 0 Å². The molecule has 5 nitrogen and oxygen atoms in total. The number of hydrogen-bond donors (Lipinski definition) is 0. The van der Waals surface area contributed by atoms with Crippen molar-refractivity contribution < 1.29 is 14.3 Å². The Balaban J connectivity index is 2.10. The maximum absolute atomic E-state index is 11.5. The number of aromatic nitrogens is 2. The van der Waals surface area contributed by atoms with Gasteiger partial charge < -0.3 is 14.0 Å². The van der Waals surface area contributed by atoms with E-state index in [1.165, 1.54) is 0 Å². The van der Waals surface area contributed by atoms with Crippen LogP contribution in [0.2, 0.25) is 0 Å². The normalized spacial score (nSPS) is 25.6. The molecular formula is C13H20N2O3. The summed E-state index contributed by atoms with van der Waals surface area (Å²) >= 11 is 0. The lowest BCUT2D eigenvalue weighted by Gasteiger charge is -2.51. The van der Waals surface area contributed by atoms with E-state index < -0.39 is 0 Å². The van der Waals surface area contributed by atoms with Gasteiger partial charge in [0.05, 0.1) is 19.0 Å². The van der Waals surface area contributed by atoms with Gasteiger partial charge in [0.2, 0.25) is 0 Å². The van der Waals surface area contributed by atoms with E-state index in [0.29, 0.717) is 18.3 Å². The lowest BCUT2D eigenvalue weighted by Crippen LogP contribution is -2.50. The molecule has 0 spiro atoms. The van der Waals surface area contributed by atoms with Gasteiger partial charge >= 0.3 is 5.97 Å². The van der Waals surface area contributed by atoms with Gasteiger partial charge in [0.1, 0.15) is 0 Å². The zero-order valence-electron chi connectivity index (χ0n) is 11.3. The Morgan fingerprint density at radius 1 is 1.61 bits per heavy atom. The summed E-state index contributed by atoms with van der Waals surface area (Å²) < 4.78 is 12.3. The van der Waals surface area contributed by atoms with Crippen molar-refractivity contribution in [2.45, 2.75) is 39.3 Å². The number of ether oxygens (including phenoxy) is 2. The fourth-order valence-corrected chi connectivity index (χ4v) is 2.59. The molecule has 0 amide bonds. The summed E-state index contributed by atoms with van der Waals surface area (Å²) in [5.74, 6) is -0.364. The smallest absolute Gasteiger partial charge is 0.358 e. The van der Waals surface area contributed by atoms with Crippen LogP contribution < -0.4 is 0 Å². The summed E-state index contributed by atoms with van der Waals surface area (Å²) in [6.45, 7) is 6.48. The van der Waals surface area contributed by atoms with Crippen LogP contribution in [0.3, 0.4) is 0 Å². The monoisotopic (exact) mass is 252 g/mol. The first-order valence-electron chi connectivity index (χ1n) is 6.24. The molecule has 1 heterocycles. The summed E-state index contributed by atoms with van der Waals surface area (Å²) in [6.07, 6.45) is 4.67. The Morgan fingerprint density at radius 2 is 2.33 bits per heavy atom. The van der Waals surface area contributed by atoms with Gasteiger partial charge in [-0.3, -0.25) is 0 Å². The number of rotatable bonds is 4. The quantitative estimate of drug-likeness (QED) is 0.769. The van der Waals surface area contributed by atoms with Gasteiger partial charge in [0.15, 0.2) is 5.69 Å². The third-order valence-corrected chi connectivity index (χ3v) is 3.86. The Kier molecular flexibility index (Phi) is 3.43. The van der Waals surface area contributed by atoms with Crippen LogP contribution in [0.25, 0.3) is 0 Å². The number of esters is 1. The largest absolute Gasteiger partial charge is 0.461 e. The lowest BCUT2D eigenvalue weighted by molar-refractivity contribution is -0.112. The second-order valence-electron chi connectivity index (χ2n) is 5.22. The predicted octanol–water partition coefficient (Wildman–Crippen LogP) is 2.05. The Morgan fingerprint density at radius 3 is 2.89 bits per heavy atom. The average Bonchev–Trinajstić information content (AvgIpc) is 2.78. The minimum Gasteiger partial charge on any atom is -0.461 e. The second-order valence-corrected chi connectivity index (χ2v) is 5.22. The molecule has 0 radical (unpaired) electrons. The molecule has 0 aliphatic heterocycles. The Bertz CT molecular complexity index is 439. The summed E-state index contributed by atoms with van der Waals surface area (Å²) in [5.41, 5.74) is 0.426. The van der Waals surface area contributed by atoms with E-state index in [-0.39, 0.29) is 17.5 Å². The minimum atomic E-state index is -0.364. The van der Waals surface area contributed by atoms with Crippen molar-refractivity contribution >= 4 is 5.97 Å². The minimum absolute atomic E-state index is 0.0569. The van der Waals surface area contributed by atoms with Crippen molar-refractivity contribution in [3.8, 4) is 0 Å². The maximum atomic E-state index is 11.5. The highest BCUT2D eigenvalue weighted by Gasteiger charge is 2.49. The highest BCUT2D eigenvalue weighted by molar-refractivity contribution is 5.86. The number of nitrogens with zero attached hydrogens (tertiary/aromatic N) is 2. The number of methoxy groups -OCH3 is 1. The molecule has 2 unspecified atom stereocenters. The van der Waals surface area contributed by atoms with Gasteiger partial charge in [0, 0.05) is 24.8 Å².